The van der Waals surface area contributed by atoms with Gasteiger partial charge in [-0.1, -0.05) is 29.4 Å². The maximum atomic E-state index is 5.51. The largest absolute Gasteiger partial charge is 0.454 e. The van der Waals surface area contributed by atoms with Crippen LogP contribution in [0.25, 0.3) is 11.4 Å². The number of aryl methyl sites for hydroxylation is 1. The van der Waals surface area contributed by atoms with Crippen molar-refractivity contribution < 1.29 is 14.0 Å². The summed E-state index contributed by atoms with van der Waals surface area (Å²) in [5.41, 5.74) is 3.73. The van der Waals surface area contributed by atoms with Gasteiger partial charge in [0.2, 0.25) is 18.5 Å². The second-order valence-electron chi connectivity index (χ2n) is 7.10. The zero-order valence-electron chi connectivity index (χ0n) is 15.2. The van der Waals surface area contributed by atoms with Crippen LogP contribution in [0.3, 0.4) is 0 Å². The SMILES string of the molecule is CN(Cc1nc(-c2ccc3c(c2)OCO3)no1)[C@H]1CCCc2ccccc21. The van der Waals surface area contributed by atoms with Crippen LogP contribution in [0, 0.1) is 0 Å². The van der Waals surface area contributed by atoms with Crippen LogP contribution in [0.1, 0.15) is 35.9 Å². The van der Waals surface area contributed by atoms with E-state index >= 15 is 0 Å². The van der Waals surface area contributed by atoms with Crippen molar-refractivity contribution in [3.05, 3.63) is 59.5 Å². The van der Waals surface area contributed by atoms with Crippen molar-refractivity contribution in [1.82, 2.24) is 15.0 Å². The molecular weight excluding hydrogens is 342 g/mol. The summed E-state index contributed by atoms with van der Waals surface area (Å²) in [5, 5.41) is 4.15. The van der Waals surface area contributed by atoms with E-state index in [1.54, 1.807) is 0 Å². The van der Waals surface area contributed by atoms with Gasteiger partial charge >= 0.3 is 0 Å². The van der Waals surface area contributed by atoms with E-state index < -0.39 is 0 Å². The monoisotopic (exact) mass is 363 g/mol. The molecule has 138 valence electrons. The molecule has 2 aromatic carbocycles. The molecule has 2 aliphatic rings. The lowest BCUT2D eigenvalue weighted by Gasteiger charge is -2.32. The number of hydrogen-bond donors (Lipinski definition) is 0. The Morgan fingerprint density at radius 1 is 1.11 bits per heavy atom. The summed E-state index contributed by atoms with van der Waals surface area (Å²) in [5.74, 6) is 2.65. The fraction of sp³-hybridized carbons (Fsp3) is 0.333. The summed E-state index contributed by atoms with van der Waals surface area (Å²) in [6.07, 6.45) is 3.52. The smallest absolute Gasteiger partial charge is 0.241 e. The van der Waals surface area contributed by atoms with Gasteiger partial charge in [0.05, 0.1) is 6.54 Å². The molecule has 0 spiro atoms. The topological polar surface area (TPSA) is 60.6 Å². The Kier molecular flexibility index (Phi) is 4.05. The average Bonchev–Trinajstić information content (AvgIpc) is 3.36. The number of hydrogen-bond acceptors (Lipinski definition) is 6. The number of benzene rings is 2. The van der Waals surface area contributed by atoms with Gasteiger partial charge in [0, 0.05) is 11.6 Å². The Morgan fingerprint density at radius 2 is 2.00 bits per heavy atom. The molecule has 5 rings (SSSR count). The molecule has 0 N–H and O–H groups in total. The predicted octanol–water partition coefficient (Wildman–Crippen LogP) is 3.97. The van der Waals surface area contributed by atoms with Crippen molar-refractivity contribution in [2.45, 2.75) is 31.8 Å². The number of aromatic nitrogens is 2. The third-order valence-corrected chi connectivity index (χ3v) is 5.35. The minimum atomic E-state index is 0.254. The molecule has 0 bridgehead atoms. The summed E-state index contributed by atoms with van der Waals surface area (Å²) in [7, 11) is 2.12. The molecule has 27 heavy (non-hydrogen) atoms. The van der Waals surface area contributed by atoms with Crippen LogP contribution in [0.5, 0.6) is 11.5 Å². The first-order valence-corrected chi connectivity index (χ1v) is 9.28. The minimum absolute atomic E-state index is 0.254. The maximum Gasteiger partial charge on any atom is 0.241 e. The molecular formula is C21H21N3O3. The third-order valence-electron chi connectivity index (χ3n) is 5.35. The molecule has 1 aromatic heterocycles. The van der Waals surface area contributed by atoms with Crippen LogP contribution < -0.4 is 9.47 Å². The Morgan fingerprint density at radius 3 is 2.96 bits per heavy atom. The molecule has 6 nitrogen and oxygen atoms in total. The van der Waals surface area contributed by atoms with Gasteiger partial charge in [0.25, 0.3) is 0 Å². The Balaban J connectivity index is 1.34. The van der Waals surface area contributed by atoms with E-state index in [9.17, 15) is 0 Å². The predicted molar refractivity (Wildman–Crippen MR) is 99.4 cm³/mol. The summed E-state index contributed by atoms with van der Waals surface area (Å²) >= 11 is 0. The molecule has 2 heterocycles. The number of ether oxygens (including phenoxy) is 2. The molecule has 1 aliphatic heterocycles. The average molecular weight is 363 g/mol. The van der Waals surface area contributed by atoms with Crippen LogP contribution >= 0.6 is 0 Å². The normalized spacial score (nSPS) is 17.9. The highest BCUT2D eigenvalue weighted by molar-refractivity contribution is 5.61. The lowest BCUT2D eigenvalue weighted by atomic mass is 9.87. The van der Waals surface area contributed by atoms with E-state index in [1.807, 2.05) is 18.2 Å². The summed E-state index contributed by atoms with van der Waals surface area (Å²) in [6.45, 7) is 0.875. The Bertz CT molecular complexity index is 969. The molecule has 3 aromatic rings. The highest BCUT2D eigenvalue weighted by Crippen LogP contribution is 2.36. The maximum absolute atomic E-state index is 5.51. The number of nitrogens with zero attached hydrogens (tertiary/aromatic N) is 3. The second kappa shape index (κ2) is 6.70. The van der Waals surface area contributed by atoms with Crippen molar-refractivity contribution in [2.75, 3.05) is 13.8 Å². The quantitative estimate of drug-likeness (QED) is 0.699. The van der Waals surface area contributed by atoms with Crippen molar-refractivity contribution in [3.8, 4) is 22.9 Å². The first-order chi connectivity index (χ1) is 13.3. The van der Waals surface area contributed by atoms with Gasteiger partial charge in [-0.05, 0) is 55.6 Å². The summed E-state index contributed by atoms with van der Waals surface area (Å²) in [4.78, 5) is 6.88. The van der Waals surface area contributed by atoms with E-state index in [4.69, 9.17) is 14.0 Å². The van der Waals surface area contributed by atoms with Crippen LogP contribution in [-0.2, 0) is 13.0 Å². The van der Waals surface area contributed by atoms with Gasteiger partial charge in [0.1, 0.15) is 0 Å². The van der Waals surface area contributed by atoms with Crippen molar-refractivity contribution >= 4 is 0 Å². The standard InChI is InChI=1S/C21H21N3O3/c1-24(17-8-4-6-14-5-2-3-7-16(14)17)12-20-22-21(23-27-20)15-9-10-18-19(11-15)26-13-25-18/h2-3,5,7,9-11,17H,4,6,8,12-13H2,1H3/t17-/m0/s1. The fourth-order valence-corrected chi connectivity index (χ4v) is 3.98. The number of fused-ring (bicyclic) bond motifs is 2. The Labute approximate surface area is 157 Å². The van der Waals surface area contributed by atoms with Gasteiger partial charge in [-0.25, -0.2) is 0 Å². The molecule has 0 unspecified atom stereocenters. The molecule has 0 fully saturated rings. The van der Waals surface area contributed by atoms with Crippen molar-refractivity contribution in [1.29, 1.82) is 0 Å². The van der Waals surface area contributed by atoms with Crippen LogP contribution in [0.15, 0.2) is 47.0 Å². The van der Waals surface area contributed by atoms with Gasteiger partial charge in [-0.3, -0.25) is 4.90 Å². The van der Waals surface area contributed by atoms with Gasteiger partial charge < -0.3 is 14.0 Å². The van der Waals surface area contributed by atoms with E-state index in [0.29, 0.717) is 24.3 Å². The van der Waals surface area contributed by atoms with Crippen molar-refractivity contribution in [2.24, 2.45) is 0 Å². The lowest BCUT2D eigenvalue weighted by Crippen LogP contribution is -2.27. The molecule has 0 saturated carbocycles. The first-order valence-electron chi connectivity index (χ1n) is 9.28. The molecule has 1 aliphatic carbocycles. The lowest BCUT2D eigenvalue weighted by molar-refractivity contribution is 0.174. The van der Waals surface area contributed by atoms with Crippen LogP contribution in [0.4, 0.5) is 0 Å². The summed E-state index contributed by atoms with van der Waals surface area (Å²) in [6, 6.07) is 14.8. The first kappa shape index (κ1) is 16.3. The van der Waals surface area contributed by atoms with E-state index in [1.165, 1.54) is 17.5 Å². The minimum Gasteiger partial charge on any atom is -0.454 e. The van der Waals surface area contributed by atoms with E-state index in [2.05, 4.69) is 46.4 Å². The fourth-order valence-electron chi connectivity index (χ4n) is 3.98. The van der Waals surface area contributed by atoms with Crippen LogP contribution in [-0.4, -0.2) is 28.9 Å². The summed E-state index contributed by atoms with van der Waals surface area (Å²) < 4.78 is 16.3. The molecule has 6 heteroatoms. The van der Waals surface area contributed by atoms with Gasteiger partial charge in [0.15, 0.2) is 11.5 Å². The highest BCUT2D eigenvalue weighted by Gasteiger charge is 2.25. The highest BCUT2D eigenvalue weighted by atomic mass is 16.7. The molecule has 0 amide bonds. The molecule has 1 atom stereocenters. The van der Waals surface area contributed by atoms with Gasteiger partial charge in [-0.2, -0.15) is 4.98 Å². The Hall–Kier alpha value is -2.86. The second-order valence-corrected chi connectivity index (χ2v) is 7.10. The zero-order valence-corrected chi connectivity index (χ0v) is 15.2. The zero-order chi connectivity index (χ0) is 18.2. The molecule has 0 radical (unpaired) electrons. The molecule has 0 saturated heterocycles. The third kappa shape index (κ3) is 3.06. The van der Waals surface area contributed by atoms with E-state index in [-0.39, 0.29) is 6.79 Å². The van der Waals surface area contributed by atoms with Gasteiger partial charge in [-0.15, -0.1) is 0 Å². The van der Waals surface area contributed by atoms with Crippen molar-refractivity contribution in [3.63, 3.8) is 0 Å². The number of rotatable bonds is 4. The van der Waals surface area contributed by atoms with Crippen LogP contribution in [0.2, 0.25) is 0 Å². The van der Waals surface area contributed by atoms with E-state index in [0.717, 1.165) is 29.9 Å².